The lowest BCUT2D eigenvalue weighted by atomic mass is 10.3. The zero-order chi connectivity index (χ0) is 9.52. The quantitative estimate of drug-likeness (QED) is 0.713. The Hall–Kier alpha value is -0.870. The predicted molar refractivity (Wildman–Crippen MR) is 49.2 cm³/mol. The lowest BCUT2D eigenvalue weighted by molar-refractivity contribution is 0.190. The van der Waals surface area contributed by atoms with Gasteiger partial charge in [-0.25, -0.2) is 0 Å². The van der Waals surface area contributed by atoms with E-state index in [1.54, 1.807) is 12.5 Å². The Labute approximate surface area is 78.1 Å². The molecule has 1 aromatic heterocycles. The summed E-state index contributed by atoms with van der Waals surface area (Å²) in [4.78, 5) is 2.17. The van der Waals surface area contributed by atoms with E-state index < -0.39 is 0 Å². The van der Waals surface area contributed by atoms with Gasteiger partial charge in [0.1, 0.15) is 6.26 Å². The van der Waals surface area contributed by atoms with Gasteiger partial charge in [0.2, 0.25) is 0 Å². The minimum atomic E-state index is 0.200. The van der Waals surface area contributed by atoms with Gasteiger partial charge in [0.05, 0.1) is 12.8 Å². The number of aromatic nitrogens is 1. The van der Waals surface area contributed by atoms with Gasteiger partial charge >= 0.3 is 0 Å². The van der Waals surface area contributed by atoms with Crippen LogP contribution >= 0.6 is 0 Å². The third kappa shape index (κ3) is 3.57. The van der Waals surface area contributed by atoms with Crippen molar-refractivity contribution < 1.29 is 9.63 Å². The predicted octanol–water partition coefficient (Wildman–Crippen LogP) is 0.879. The Morgan fingerprint density at radius 2 is 2.38 bits per heavy atom. The summed E-state index contributed by atoms with van der Waals surface area (Å²) in [5, 5.41) is 12.4. The molecular formula is C9H16N2O2. The normalized spacial score (nSPS) is 11.0. The van der Waals surface area contributed by atoms with Crippen LogP contribution in [0.1, 0.15) is 18.9 Å². The Kier molecular flexibility index (Phi) is 4.49. The van der Waals surface area contributed by atoms with Gasteiger partial charge in [-0.3, -0.25) is 4.90 Å². The van der Waals surface area contributed by atoms with Gasteiger partial charge in [-0.2, -0.15) is 0 Å². The lowest BCUT2D eigenvalue weighted by Crippen LogP contribution is -2.27. The van der Waals surface area contributed by atoms with Crippen molar-refractivity contribution in [2.75, 3.05) is 19.7 Å². The highest BCUT2D eigenvalue weighted by Gasteiger charge is 2.05. The Bertz CT molecular complexity index is 205. The van der Waals surface area contributed by atoms with Gasteiger partial charge in [-0.05, 0) is 13.0 Å². The maximum Gasteiger partial charge on any atom is 0.128 e. The average Bonchev–Trinajstić information content (AvgIpc) is 2.58. The van der Waals surface area contributed by atoms with Gasteiger partial charge < -0.3 is 9.63 Å². The second-order valence-electron chi connectivity index (χ2n) is 3.03. The van der Waals surface area contributed by atoms with E-state index in [0.29, 0.717) is 6.54 Å². The summed E-state index contributed by atoms with van der Waals surface area (Å²) in [6, 6.07) is 0. The van der Waals surface area contributed by atoms with E-state index in [1.165, 1.54) is 0 Å². The van der Waals surface area contributed by atoms with Crippen molar-refractivity contribution in [3.05, 3.63) is 18.0 Å². The minimum Gasteiger partial charge on any atom is -0.395 e. The second kappa shape index (κ2) is 5.72. The fourth-order valence-electron chi connectivity index (χ4n) is 1.29. The van der Waals surface area contributed by atoms with Crippen LogP contribution < -0.4 is 0 Å². The summed E-state index contributed by atoms with van der Waals surface area (Å²) in [6.45, 7) is 4.83. The molecule has 0 aliphatic carbocycles. The molecule has 0 radical (unpaired) electrons. The molecule has 0 saturated heterocycles. The number of nitrogens with zero attached hydrogens (tertiary/aromatic N) is 2. The summed E-state index contributed by atoms with van der Waals surface area (Å²) >= 11 is 0. The molecule has 13 heavy (non-hydrogen) atoms. The van der Waals surface area contributed by atoms with Gasteiger partial charge in [-0.1, -0.05) is 12.1 Å². The van der Waals surface area contributed by atoms with E-state index in [1.807, 2.05) is 0 Å². The molecule has 1 rings (SSSR count). The standard InChI is InChI=1S/C9H16N2O2/c1-2-3-11(4-5-12)7-9-6-10-13-8-9/h6,8,12H,2-5,7H2,1H3. The first kappa shape index (κ1) is 10.2. The molecule has 0 amide bonds. The van der Waals surface area contributed by atoms with Crippen LogP contribution in [0.15, 0.2) is 17.0 Å². The van der Waals surface area contributed by atoms with Crippen LogP contribution in [0, 0.1) is 0 Å². The van der Waals surface area contributed by atoms with Crippen LogP contribution in [0.25, 0.3) is 0 Å². The zero-order valence-electron chi connectivity index (χ0n) is 7.94. The van der Waals surface area contributed by atoms with Crippen molar-refractivity contribution in [2.24, 2.45) is 0 Å². The first-order valence-electron chi connectivity index (χ1n) is 4.58. The first-order valence-corrected chi connectivity index (χ1v) is 4.58. The summed E-state index contributed by atoms with van der Waals surface area (Å²) in [5.41, 5.74) is 1.06. The number of aliphatic hydroxyl groups excluding tert-OH is 1. The largest absolute Gasteiger partial charge is 0.395 e. The van der Waals surface area contributed by atoms with Crippen molar-refractivity contribution in [1.82, 2.24) is 10.1 Å². The number of hydrogen-bond donors (Lipinski definition) is 1. The molecule has 0 aliphatic rings. The van der Waals surface area contributed by atoms with Crippen LogP contribution in [-0.4, -0.2) is 34.9 Å². The van der Waals surface area contributed by atoms with Gasteiger partial charge in [0.25, 0.3) is 0 Å². The SMILES string of the molecule is CCCN(CCO)Cc1cnoc1. The number of hydrogen-bond acceptors (Lipinski definition) is 4. The molecule has 0 aliphatic heterocycles. The molecule has 0 saturated carbocycles. The van der Waals surface area contributed by atoms with E-state index in [9.17, 15) is 0 Å². The Morgan fingerprint density at radius 3 is 2.92 bits per heavy atom. The van der Waals surface area contributed by atoms with E-state index in [0.717, 1.165) is 25.1 Å². The smallest absolute Gasteiger partial charge is 0.128 e. The molecule has 1 heterocycles. The van der Waals surface area contributed by atoms with Crippen LogP contribution in [0.3, 0.4) is 0 Å². The second-order valence-corrected chi connectivity index (χ2v) is 3.03. The van der Waals surface area contributed by atoms with Crippen LogP contribution in [0.2, 0.25) is 0 Å². The van der Waals surface area contributed by atoms with Crippen molar-refractivity contribution in [3.8, 4) is 0 Å². The molecule has 1 N–H and O–H groups in total. The maximum absolute atomic E-state index is 8.81. The molecule has 74 valence electrons. The first-order chi connectivity index (χ1) is 6.36. The fourth-order valence-corrected chi connectivity index (χ4v) is 1.29. The van der Waals surface area contributed by atoms with E-state index in [-0.39, 0.29) is 6.61 Å². The molecule has 1 aromatic rings. The molecule has 0 atom stereocenters. The molecule has 4 nitrogen and oxygen atoms in total. The van der Waals surface area contributed by atoms with Crippen molar-refractivity contribution in [3.63, 3.8) is 0 Å². The minimum absolute atomic E-state index is 0.200. The highest BCUT2D eigenvalue weighted by atomic mass is 16.5. The molecule has 0 spiro atoms. The third-order valence-electron chi connectivity index (χ3n) is 1.85. The average molecular weight is 184 g/mol. The summed E-state index contributed by atoms with van der Waals surface area (Å²) in [5.74, 6) is 0. The van der Waals surface area contributed by atoms with E-state index in [2.05, 4.69) is 17.0 Å². The maximum atomic E-state index is 8.81. The third-order valence-corrected chi connectivity index (χ3v) is 1.85. The molecule has 0 fully saturated rings. The van der Waals surface area contributed by atoms with Gasteiger partial charge in [0, 0.05) is 18.7 Å². The summed E-state index contributed by atoms with van der Waals surface area (Å²) in [7, 11) is 0. The highest BCUT2D eigenvalue weighted by Crippen LogP contribution is 2.03. The van der Waals surface area contributed by atoms with Crippen molar-refractivity contribution in [1.29, 1.82) is 0 Å². The number of aliphatic hydroxyl groups is 1. The Balaban J connectivity index is 2.37. The van der Waals surface area contributed by atoms with Crippen LogP contribution in [0.5, 0.6) is 0 Å². The van der Waals surface area contributed by atoms with E-state index in [4.69, 9.17) is 9.63 Å². The zero-order valence-corrected chi connectivity index (χ0v) is 7.94. The number of rotatable bonds is 6. The van der Waals surface area contributed by atoms with Gasteiger partial charge in [0.15, 0.2) is 0 Å². The van der Waals surface area contributed by atoms with Crippen LogP contribution in [0.4, 0.5) is 0 Å². The van der Waals surface area contributed by atoms with E-state index >= 15 is 0 Å². The fraction of sp³-hybridized carbons (Fsp3) is 0.667. The molecule has 0 unspecified atom stereocenters. The molecule has 0 bridgehead atoms. The molecular weight excluding hydrogens is 168 g/mol. The molecule has 4 heteroatoms. The van der Waals surface area contributed by atoms with Crippen molar-refractivity contribution in [2.45, 2.75) is 19.9 Å². The highest BCUT2D eigenvalue weighted by molar-refractivity contribution is 4.99. The Morgan fingerprint density at radius 1 is 1.54 bits per heavy atom. The summed E-state index contributed by atoms with van der Waals surface area (Å²) in [6.07, 6.45) is 4.44. The van der Waals surface area contributed by atoms with Crippen molar-refractivity contribution >= 4 is 0 Å². The summed E-state index contributed by atoms with van der Waals surface area (Å²) < 4.78 is 4.73. The topological polar surface area (TPSA) is 49.5 Å². The van der Waals surface area contributed by atoms with Gasteiger partial charge in [-0.15, -0.1) is 0 Å². The molecule has 0 aromatic carbocycles. The lowest BCUT2D eigenvalue weighted by Gasteiger charge is -2.18. The van der Waals surface area contributed by atoms with Crippen LogP contribution in [-0.2, 0) is 6.54 Å². The monoisotopic (exact) mass is 184 g/mol.